The minimum atomic E-state index is -0.0685. The van der Waals surface area contributed by atoms with E-state index in [1.54, 1.807) is 25.3 Å². The minimum Gasteiger partial charge on any atom is -0.383 e. The number of carbonyl (C=O) groups is 1. The molecule has 148 valence electrons. The van der Waals surface area contributed by atoms with Crippen LogP contribution in [0.4, 0.5) is 5.69 Å². The van der Waals surface area contributed by atoms with Crippen molar-refractivity contribution in [1.29, 1.82) is 0 Å². The Morgan fingerprint density at radius 2 is 2.14 bits per heavy atom. The van der Waals surface area contributed by atoms with E-state index in [0.29, 0.717) is 28.7 Å². The third-order valence-electron chi connectivity index (χ3n) is 5.07. The maximum absolute atomic E-state index is 12.5. The largest absolute Gasteiger partial charge is 0.383 e. The van der Waals surface area contributed by atoms with Crippen molar-refractivity contribution in [1.82, 2.24) is 15.0 Å². The molecular weight excluding hydrogens is 376 g/mol. The van der Waals surface area contributed by atoms with Gasteiger partial charge in [0.05, 0.1) is 18.2 Å². The summed E-state index contributed by atoms with van der Waals surface area (Å²) in [5.41, 5.74) is 2.60. The summed E-state index contributed by atoms with van der Waals surface area (Å²) in [4.78, 5) is 21.5. The number of hydrogen-bond donors (Lipinski definition) is 0. The second kappa shape index (κ2) is 8.28. The molecule has 1 amide bonds. The summed E-state index contributed by atoms with van der Waals surface area (Å²) in [6.07, 6.45) is 5.37. The summed E-state index contributed by atoms with van der Waals surface area (Å²) in [7, 11) is 3.38. The first kappa shape index (κ1) is 18.9. The number of fused-ring (bicyclic) bond motifs is 1. The smallest absolute Gasteiger partial charge is 0.265 e. The van der Waals surface area contributed by atoms with Crippen LogP contribution >= 0.6 is 11.3 Å². The summed E-state index contributed by atoms with van der Waals surface area (Å²) in [6.45, 7) is 3.21. The maximum atomic E-state index is 12.5. The lowest BCUT2D eigenvalue weighted by molar-refractivity contribution is 0.0748. The van der Waals surface area contributed by atoms with Gasteiger partial charge in [0.25, 0.3) is 5.91 Å². The number of piperidine rings is 1. The van der Waals surface area contributed by atoms with Gasteiger partial charge in [-0.25, -0.2) is 4.98 Å². The van der Waals surface area contributed by atoms with Gasteiger partial charge in [0.2, 0.25) is 0 Å². The van der Waals surface area contributed by atoms with Crippen molar-refractivity contribution in [3.05, 3.63) is 29.3 Å². The molecule has 0 unspecified atom stereocenters. The normalized spacial score (nSPS) is 14.6. The van der Waals surface area contributed by atoms with E-state index >= 15 is 0 Å². The van der Waals surface area contributed by atoms with Gasteiger partial charge in [-0.05, 0) is 31.4 Å². The molecule has 0 atom stereocenters. The van der Waals surface area contributed by atoms with Gasteiger partial charge in [0, 0.05) is 45.5 Å². The van der Waals surface area contributed by atoms with E-state index in [1.165, 1.54) is 36.3 Å². The van der Waals surface area contributed by atoms with Crippen molar-refractivity contribution in [2.45, 2.75) is 19.3 Å². The van der Waals surface area contributed by atoms with Crippen LogP contribution in [-0.4, -0.2) is 61.3 Å². The Labute approximate surface area is 167 Å². The highest BCUT2D eigenvalue weighted by Gasteiger charge is 2.20. The topological polar surface area (TPSA) is 71.7 Å². The summed E-state index contributed by atoms with van der Waals surface area (Å²) < 4.78 is 10.6. The van der Waals surface area contributed by atoms with Gasteiger partial charge in [0.1, 0.15) is 15.6 Å². The van der Waals surface area contributed by atoms with E-state index < -0.39 is 0 Å². The number of ether oxygens (including phenoxy) is 1. The van der Waals surface area contributed by atoms with Gasteiger partial charge in [0.15, 0.2) is 5.58 Å². The third kappa shape index (κ3) is 3.74. The number of aromatic nitrogens is 2. The lowest BCUT2D eigenvalue weighted by Crippen LogP contribution is -2.29. The lowest BCUT2D eigenvalue weighted by Gasteiger charge is -2.28. The Balaban J connectivity index is 1.56. The van der Waals surface area contributed by atoms with Gasteiger partial charge in [-0.15, -0.1) is 11.3 Å². The Hall–Kier alpha value is -2.45. The minimum absolute atomic E-state index is 0.0685. The molecule has 0 spiro atoms. The molecule has 3 aromatic rings. The number of methoxy groups -OCH3 is 1. The van der Waals surface area contributed by atoms with Crippen LogP contribution in [0.1, 0.15) is 28.9 Å². The lowest BCUT2D eigenvalue weighted by atomic mass is 10.1. The predicted molar refractivity (Wildman–Crippen MR) is 110 cm³/mol. The second-order valence-corrected chi connectivity index (χ2v) is 8.04. The van der Waals surface area contributed by atoms with Crippen LogP contribution in [-0.2, 0) is 4.74 Å². The van der Waals surface area contributed by atoms with Crippen molar-refractivity contribution in [3.63, 3.8) is 0 Å². The number of benzene rings is 1. The molecule has 7 nitrogen and oxygen atoms in total. The van der Waals surface area contributed by atoms with E-state index in [0.717, 1.165) is 24.1 Å². The zero-order valence-electron chi connectivity index (χ0n) is 16.2. The number of carbonyl (C=O) groups excluding carboxylic acids is 1. The molecule has 1 aliphatic heterocycles. The van der Waals surface area contributed by atoms with Crippen LogP contribution < -0.4 is 4.90 Å². The van der Waals surface area contributed by atoms with Crippen molar-refractivity contribution in [2.75, 3.05) is 45.3 Å². The van der Waals surface area contributed by atoms with Crippen LogP contribution in [0.5, 0.6) is 0 Å². The van der Waals surface area contributed by atoms with Crippen LogP contribution in [0.15, 0.2) is 28.9 Å². The fraction of sp³-hybridized carbons (Fsp3) is 0.450. The first-order chi connectivity index (χ1) is 13.7. The van der Waals surface area contributed by atoms with Crippen LogP contribution in [0.3, 0.4) is 0 Å². The Kier molecular flexibility index (Phi) is 5.59. The molecule has 4 rings (SSSR count). The van der Waals surface area contributed by atoms with Gasteiger partial charge in [-0.3, -0.25) is 4.79 Å². The number of amides is 1. The number of anilines is 1. The molecule has 1 saturated heterocycles. The fourth-order valence-electron chi connectivity index (χ4n) is 3.43. The molecule has 0 aliphatic carbocycles. The number of hydrogen-bond acceptors (Lipinski definition) is 7. The van der Waals surface area contributed by atoms with Crippen molar-refractivity contribution in [3.8, 4) is 10.7 Å². The van der Waals surface area contributed by atoms with Crippen LogP contribution in [0.25, 0.3) is 21.7 Å². The molecule has 0 bridgehead atoms. The SMILES string of the molecule is COCCN(C)C(=O)c1cnc(-c2noc3cc(N4CCCCC4)ccc23)s1. The molecule has 1 aliphatic rings. The Morgan fingerprint density at radius 1 is 1.32 bits per heavy atom. The second-order valence-electron chi connectivity index (χ2n) is 7.01. The van der Waals surface area contributed by atoms with Crippen molar-refractivity contribution < 1.29 is 14.1 Å². The van der Waals surface area contributed by atoms with Crippen molar-refractivity contribution in [2.24, 2.45) is 0 Å². The molecule has 0 radical (unpaired) electrons. The quantitative estimate of drug-likeness (QED) is 0.629. The number of likely N-dealkylation sites (N-methyl/N-ethyl adjacent to an activating group) is 1. The number of thiazole rings is 1. The number of nitrogens with zero attached hydrogens (tertiary/aromatic N) is 4. The summed E-state index contributed by atoms with van der Waals surface area (Å²) in [5, 5.41) is 5.83. The van der Waals surface area contributed by atoms with Gasteiger partial charge in [-0.1, -0.05) is 5.16 Å². The van der Waals surface area contributed by atoms with Crippen LogP contribution in [0.2, 0.25) is 0 Å². The first-order valence-corrected chi connectivity index (χ1v) is 10.3. The van der Waals surface area contributed by atoms with E-state index in [-0.39, 0.29) is 5.91 Å². The zero-order valence-corrected chi connectivity index (χ0v) is 17.0. The summed E-state index contributed by atoms with van der Waals surface area (Å²) in [6, 6.07) is 6.21. The zero-order chi connectivity index (χ0) is 19.5. The predicted octanol–water partition coefficient (Wildman–Crippen LogP) is 3.66. The molecule has 1 fully saturated rings. The monoisotopic (exact) mass is 400 g/mol. The highest BCUT2D eigenvalue weighted by Crippen LogP contribution is 2.33. The average Bonchev–Trinajstić information content (AvgIpc) is 3.38. The molecule has 1 aromatic carbocycles. The van der Waals surface area contributed by atoms with E-state index in [9.17, 15) is 4.79 Å². The standard InChI is InChI=1S/C20H24N4O3S/c1-23(10-11-26-2)20(25)17-13-21-19(28-17)18-15-7-6-14(12-16(15)27-22-18)24-8-4-3-5-9-24/h6-7,12-13H,3-5,8-11H2,1-2H3. The maximum Gasteiger partial charge on any atom is 0.265 e. The molecule has 0 saturated carbocycles. The molecule has 0 N–H and O–H groups in total. The highest BCUT2D eigenvalue weighted by atomic mass is 32.1. The first-order valence-electron chi connectivity index (χ1n) is 9.52. The fourth-order valence-corrected chi connectivity index (χ4v) is 4.34. The highest BCUT2D eigenvalue weighted by molar-refractivity contribution is 7.17. The van der Waals surface area contributed by atoms with E-state index in [1.807, 2.05) is 6.07 Å². The Morgan fingerprint density at radius 3 is 2.93 bits per heavy atom. The molecule has 3 heterocycles. The third-order valence-corrected chi connectivity index (χ3v) is 6.07. The summed E-state index contributed by atoms with van der Waals surface area (Å²) >= 11 is 1.33. The van der Waals surface area contributed by atoms with Gasteiger partial charge < -0.3 is 19.1 Å². The van der Waals surface area contributed by atoms with E-state index in [4.69, 9.17) is 9.26 Å². The number of rotatable bonds is 6. The van der Waals surface area contributed by atoms with Gasteiger partial charge >= 0.3 is 0 Å². The average molecular weight is 401 g/mol. The van der Waals surface area contributed by atoms with Crippen LogP contribution in [0, 0.1) is 0 Å². The summed E-state index contributed by atoms with van der Waals surface area (Å²) in [5.74, 6) is -0.0685. The molecular formula is C20H24N4O3S. The Bertz CT molecular complexity index is 961. The van der Waals surface area contributed by atoms with Gasteiger partial charge in [-0.2, -0.15) is 0 Å². The van der Waals surface area contributed by atoms with E-state index in [2.05, 4.69) is 27.2 Å². The molecule has 2 aromatic heterocycles. The molecule has 28 heavy (non-hydrogen) atoms. The molecule has 8 heteroatoms. The van der Waals surface area contributed by atoms with Crippen molar-refractivity contribution >= 4 is 33.9 Å².